The smallest absolute Gasteiger partial charge is 0.234 e. The molecule has 33 heavy (non-hydrogen) atoms. The van der Waals surface area contributed by atoms with E-state index in [1.807, 2.05) is 30.5 Å². The van der Waals surface area contributed by atoms with Crippen LogP contribution in [0, 0.1) is 6.92 Å². The van der Waals surface area contributed by atoms with Gasteiger partial charge in [-0.3, -0.25) is 14.2 Å². The van der Waals surface area contributed by atoms with Gasteiger partial charge in [-0.25, -0.2) is 0 Å². The highest BCUT2D eigenvalue weighted by atomic mass is 35.5. The molecular formula is C24H25ClN4O3S. The first-order valence-corrected chi connectivity index (χ1v) is 11.6. The van der Waals surface area contributed by atoms with Gasteiger partial charge in [0.15, 0.2) is 22.9 Å². The summed E-state index contributed by atoms with van der Waals surface area (Å²) in [5.41, 5.74) is 2.14. The monoisotopic (exact) mass is 484 g/mol. The van der Waals surface area contributed by atoms with Crippen molar-refractivity contribution in [3.63, 3.8) is 0 Å². The maximum Gasteiger partial charge on any atom is 0.234 e. The number of thioether (sulfide) groups is 1. The van der Waals surface area contributed by atoms with Gasteiger partial charge in [0.1, 0.15) is 5.75 Å². The Balaban J connectivity index is 1.69. The third-order valence-corrected chi connectivity index (χ3v) is 5.98. The lowest BCUT2D eigenvalue weighted by atomic mass is 10.1. The molecule has 1 amide bonds. The molecule has 9 heteroatoms. The maximum atomic E-state index is 12.5. The van der Waals surface area contributed by atoms with Crippen molar-refractivity contribution < 1.29 is 14.3 Å². The minimum atomic E-state index is -0.422. The van der Waals surface area contributed by atoms with Crippen molar-refractivity contribution in [2.45, 2.75) is 38.6 Å². The Kier molecular flexibility index (Phi) is 8.30. The zero-order valence-corrected chi connectivity index (χ0v) is 20.2. The predicted octanol–water partition coefficient (Wildman–Crippen LogP) is 5.50. The van der Waals surface area contributed by atoms with Gasteiger partial charge in [-0.15, -0.1) is 16.8 Å². The van der Waals surface area contributed by atoms with E-state index in [1.54, 1.807) is 36.4 Å². The summed E-state index contributed by atoms with van der Waals surface area (Å²) in [6, 6.07) is 12.4. The molecule has 0 bridgehead atoms. The molecule has 0 saturated carbocycles. The van der Waals surface area contributed by atoms with Crippen LogP contribution in [0.1, 0.15) is 41.7 Å². The van der Waals surface area contributed by atoms with E-state index in [0.29, 0.717) is 39.5 Å². The number of nitrogens with one attached hydrogen (secondary N) is 1. The zero-order chi connectivity index (χ0) is 24.0. The van der Waals surface area contributed by atoms with Crippen LogP contribution in [0.3, 0.4) is 0 Å². The number of aromatic nitrogens is 3. The maximum absolute atomic E-state index is 12.5. The Morgan fingerprint density at radius 2 is 2.06 bits per heavy atom. The number of nitrogens with zero attached hydrogens (tertiary/aromatic N) is 3. The Morgan fingerprint density at radius 3 is 2.79 bits per heavy atom. The summed E-state index contributed by atoms with van der Waals surface area (Å²) in [5, 5.41) is 12.4. The molecule has 1 N–H and O–H groups in total. The summed E-state index contributed by atoms with van der Waals surface area (Å²) in [4.78, 5) is 24.0. The average Bonchev–Trinajstić information content (AvgIpc) is 3.18. The molecule has 1 heterocycles. The lowest BCUT2D eigenvalue weighted by Crippen LogP contribution is -2.16. The van der Waals surface area contributed by atoms with Gasteiger partial charge in [-0.1, -0.05) is 47.6 Å². The number of carbonyl (C=O) groups excluding carboxylic acids is 2. The molecule has 0 spiro atoms. The van der Waals surface area contributed by atoms with E-state index in [-0.39, 0.29) is 17.4 Å². The Labute approximate surface area is 202 Å². The van der Waals surface area contributed by atoms with E-state index >= 15 is 0 Å². The normalized spacial score (nSPS) is 11.6. The van der Waals surface area contributed by atoms with E-state index in [4.69, 9.17) is 16.3 Å². The topological polar surface area (TPSA) is 86.1 Å². The highest BCUT2D eigenvalue weighted by molar-refractivity contribution is 7.99. The quantitative estimate of drug-likeness (QED) is 0.232. The van der Waals surface area contributed by atoms with E-state index in [0.717, 1.165) is 5.56 Å². The van der Waals surface area contributed by atoms with E-state index in [9.17, 15) is 9.59 Å². The number of carbonyl (C=O) groups is 2. The zero-order valence-electron chi connectivity index (χ0n) is 18.7. The number of hydrogen-bond acceptors (Lipinski definition) is 6. The minimum Gasteiger partial charge on any atom is -0.481 e. The van der Waals surface area contributed by atoms with Crippen LogP contribution in [0.2, 0.25) is 5.02 Å². The second kappa shape index (κ2) is 11.2. The van der Waals surface area contributed by atoms with Crippen molar-refractivity contribution in [3.8, 4) is 5.75 Å². The van der Waals surface area contributed by atoms with Crippen LogP contribution in [-0.4, -0.2) is 32.2 Å². The molecule has 0 aliphatic heterocycles. The Bertz CT molecular complexity index is 1180. The number of anilines is 1. The van der Waals surface area contributed by atoms with Crippen LogP contribution < -0.4 is 10.1 Å². The fourth-order valence-corrected chi connectivity index (χ4v) is 4.01. The van der Waals surface area contributed by atoms with Crippen LogP contribution in [0.15, 0.2) is 60.3 Å². The van der Waals surface area contributed by atoms with Crippen LogP contribution in [0.4, 0.5) is 5.69 Å². The number of hydrogen-bond donors (Lipinski definition) is 1. The average molecular weight is 485 g/mol. The molecule has 0 saturated heterocycles. The lowest BCUT2D eigenvalue weighted by Gasteiger charge is -2.17. The van der Waals surface area contributed by atoms with Crippen LogP contribution in [0.25, 0.3) is 0 Å². The molecule has 1 atom stereocenters. The number of Topliss-reactive ketones (excluding diaryl/α,β-unsaturated/α-hetero) is 1. The number of halogens is 1. The van der Waals surface area contributed by atoms with Gasteiger partial charge in [0.05, 0.1) is 10.8 Å². The van der Waals surface area contributed by atoms with Gasteiger partial charge in [0.2, 0.25) is 5.91 Å². The van der Waals surface area contributed by atoms with Gasteiger partial charge < -0.3 is 10.1 Å². The molecule has 0 aliphatic carbocycles. The number of aryl methyl sites for hydroxylation is 1. The number of benzene rings is 2. The van der Waals surface area contributed by atoms with Crippen molar-refractivity contribution in [2.24, 2.45) is 0 Å². The summed E-state index contributed by atoms with van der Waals surface area (Å²) in [6.45, 7) is 9.58. The predicted molar refractivity (Wildman–Crippen MR) is 131 cm³/mol. The SMILES string of the molecule is C=CCn1c(SCC(=O)Nc2cccc(C(C)=O)c2)nnc1C(C)Oc1cc(C)ccc1Cl. The van der Waals surface area contributed by atoms with Gasteiger partial charge in [-0.2, -0.15) is 0 Å². The highest BCUT2D eigenvalue weighted by Gasteiger charge is 2.20. The lowest BCUT2D eigenvalue weighted by molar-refractivity contribution is -0.113. The molecule has 2 aromatic carbocycles. The van der Waals surface area contributed by atoms with Gasteiger partial charge in [-0.05, 0) is 50.6 Å². The number of amides is 1. The van der Waals surface area contributed by atoms with Crippen molar-refractivity contribution in [2.75, 3.05) is 11.1 Å². The largest absolute Gasteiger partial charge is 0.481 e. The van der Waals surface area contributed by atoms with Crippen molar-refractivity contribution >= 4 is 40.7 Å². The number of rotatable bonds is 10. The van der Waals surface area contributed by atoms with Crippen molar-refractivity contribution in [1.82, 2.24) is 14.8 Å². The molecule has 1 aromatic heterocycles. The molecule has 1 unspecified atom stereocenters. The summed E-state index contributed by atoms with van der Waals surface area (Å²) < 4.78 is 7.90. The third kappa shape index (κ3) is 6.46. The van der Waals surface area contributed by atoms with Gasteiger partial charge in [0.25, 0.3) is 0 Å². The molecule has 3 rings (SSSR count). The second-order valence-corrected chi connectivity index (χ2v) is 8.76. The van der Waals surface area contributed by atoms with Crippen LogP contribution >= 0.6 is 23.4 Å². The second-order valence-electron chi connectivity index (χ2n) is 7.41. The minimum absolute atomic E-state index is 0.0613. The molecule has 0 radical (unpaired) electrons. The molecule has 0 fully saturated rings. The number of ether oxygens (including phenoxy) is 1. The van der Waals surface area contributed by atoms with Crippen molar-refractivity contribution in [1.29, 1.82) is 0 Å². The molecule has 3 aromatic rings. The summed E-state index contributed by atoms with van der Waals surface area (Å²) in [6.07, 6.45) is 1.31. The molecule has 0 aliphatic rings. The Morgan fingerprint density at radius 1 is 1.27 bits per heavy atom. The first-order chi connectivity index (χ1) is 15.8. The third-order valence-electron chi connectivity index (χ3n) is 4.70. The van der Waals surface area contributed by atoms with Gasteiger partial charge in [0, 0.05) is 17.8 Å². The fraction of sp³-hybridized carbons (Fsp3) is 0.250. The van der Waals surface area contributed by atoms with Crippen molar-refractivity contribution in [3.05, 3.63) is 77.1 Å². The van der Waals surface area contributed by atoms with E-state index in [2.05, 4.69) is 22.1 Å². The van der Waals surface area contributed by atoms with Crippen LogP contribution in [0.5, 0.6) is 5.75 Å². The first kappa shape index (κ1) is 24.5. The van der Waals surface area contributed by atoms with Crippen LogP contribution in [-0.2, 0) is 11.3 Å². The number of ketones is 1. The summed E-state index contributed by atoms with van der Waals surface area (Å²) >= 11 is 7.52. The summed E-state index contributed by atoms with van der Waals surface area (Å²) in [7, 11) is 0. The fourth-order valence-electron chi connectivity index (χ4n) is 3.10. The first-order valence-electron chi connectivity index (χ1n) is 10.3. The highest BCUT2D eigenvalue weighted by Crippen LogP contribution is 2.30. The van der Waals surface area contributed by atoms with Gasteiger partial charge >= 0.3 is 0 Å². The molecule has 172 valence electrons. The molecular weight excluding hydrogens is 460 g/mol. The van der Waals surface area contributed by atoms with E-state index in [1.165, 1.54) is 18.7 Å². The standard InChI is InChI=1S/C24H25ClN4O3S/c1-5-11-29-23(17(4)32-21-12-15(2)9-10-20(21)25)27-28-24(29)33-14-22(31)26-19-8-6-7-18(13-19)16(3)30/h5-10,12-13,17H,1,11,14H2,2-4H3,(H,26,31). The molecule has 7 nitrogen and oxygen atoms in total. The number of allylic oxidation sites excluding steroid dienone is 1. The summed E-state index contributed by atoms with van der Waals surface area (Å²) in [5.74, 6) is 1.02. The van der Waals surface area contributed by atoms with E-state index < -0.39 is 6.10 Å². The Hall–Kier alpha value is -3.10.